The second-order valence-electron chi connectivity index (χ2n) is 6.79. The average Bonchev–Trinajstić information content (AvgIpc) is 2.94. The van der Waals surface area contributed by atoms with E-state index in [1.807, 2.05) is 0 Å². The molecule has 2 rings (SSSR count). The molecular formula is C17H26O11S2. The zero-order valence-corrected chi connectivity index (χ0v) is 18.6. The third kappa shape index (κ3) is 6.85. The number of aliphatic hydroxyl groups excluding tert-OH is 1. The summed E-state index contributed by atoms with van der Waals surface area (Å²) in [6.07, 6.45) is -2.18. The van der Waals surface area contributed by atoms with Crippen LogP contribution in [0.1, 0.15) is 5.56 Å². The smallest absolute Gasteiger partial charge is 0.264 e. The Bertz CT molecular complexity index is 860. The van der Waals surface area contributed by atoms with Crippen LogP contribution in [0.25, 0.3) is 0 Å². The van der Waals surface area contributed by atoms with Gasteiger partial charge in [-0.25, -0.2) is 0 Å². The molecule has 1 N–H and O–H groups in total. The van der Waals surface area contributed by atoms with E-state index in [0.29, 0.717) is 11.3 Å². The van der Waals surface area contributed by atoms with Gasteiger partial charge in [-0.15, -0.1) is 0 Å². The molecule has 0 amide bonds. The molecular weight excluding hydrogens is 444 g/mol. The van der Waals surface area contributed by atoms with Gasteiger partial charge in [0.15, 0.2) is 6.29 Å². The highest BCUT2D eigenvalue weighted by molar-refractivity contribution is 7.86. The third-order valence-electron chi connectivity index (χ3n) is 4.31. The van der Waals surface area contributed by atoms with Crippen LogP contribution < -0.4 is 4.74 Å². The van der Waals surface area contributed by atoms with Crippen LogP contribution in [0.5, 0.6) is 5.75 Å². The number of benzene rings is 1. The molecule has 3 atom stereocenters. The SMILES string of the molecule is COc1ccc(CO[C@@H]2[C@H](O)C(OC)OC2(COS(C)(=O)=O)COS(C)(=O)=O)cc1. The molecule has 172 valence electrons. The number of aliphatic hydroxyl groups is 1. The van der Waals surface area contributed by atoms with Crippen LogP contribution in [0, 0.1) is 0 Å². The van der Waals surface area contributed by atoms with Crippen LogP contribution in [0.4, 0.5) is 0 Å². The fraction of sp³-hybridized carbons (Fsp3) is 0.647. The first-order chi connectivity index (χ1) is 13.9. The van der Waals surface area contributed by atoms with E-state index in [1.54, 1.807) is 24.3 Å². The van der Waals surface area contributed by atoms with Gasteiger partial charge in [-0.2, -0.15) is 16.8 Å². The van der Waals surface area contributed by atoms with Gasteiger partial charge in [0.1, 0.15) is 36.8 Å². The molecule has 1 unspecified atom stereocenters. The van der Waals surface area contributed by atoms with Gasteiger partial charge in [0.25, 0.3) is 20.2 Å². The molecule has 30 heavy (non-hydrogen) atoms. The summed E-state index contributed by atoms with van der Waals surface area (Å²) in [5.74, 6) is 0.639. The first-order valence-corrected chi connectivity index (χ1v) is 12.3. The minimum Gasteiger partial charge on any atom is -0.497 e. The summed E-state index contributed by atoms with van der Waals surface area (Å²) in [4.78, 5) is 0. The predicted molar refractivity (Wildman–Crippen MR) is 104 cm³/mol. The Kier molecular flexibility index (Phi) is 8.21. The summed E-state index contributed by atoms with van der Waals surface area (Å²) in [6.45, 7) is -1.33. The molecule has 1 fully saturated rings. The third-order valence-corrected chi connectivity index (χ3v) is 5.41. The molecule has 0 aromatic heterocycles. The second kappa shape index (κ2) is 9.87. The Morgan fingerprint density at radius 3 is 1.97 bits per heavy atom. The second-order valence-corrected chi connectivity index (χ2v) is 10.1. The summed E-state index contributed by atoms with van der Waals surface area (Å²) in [5.41, 5.74) is -1.07. The fourth-order valence-corrected chi connectivity index (χ4v) is 3.68. The first kappa shape index (κ1) is 24.9. The van der Waals surface area contributed by atoms with Crippen molar-refractivity contribution in [3.8, 4) is 5.75 Å². The van der Waals surface area contributed by atoms with Crippen molar-refractivity contribution < 1.29 is 49.3 Å². The molecule has 0 aliphatic carbocycles. The molecule has 0 spiro atoms. The van der Waals surface area contributed by atoms with E-state index in [4.69, 9.17) is 27.3 Å². The first-order valence-electron chi connectivity index (χ1n) is 8.71. The minimum absolute atomic E-state index is 0.00891. The molecule has 13 heteroatoms. The van der Waals surface area contributed by atoms with Crippen molar-refractivity contribution in [1.29, 1.82) is 0 Å². The molecule has 0 radical (unpaired) electrons. The zero-order valence-electron chi connectivity index (χ0n) is 17.0. The van der Waals surface area contributed by atoms with Gasteiger partial charge in [0.2, 0.25) is 0 Å². The molecule has 1 aromatic rings. The lowest BCUT2D eigenvalue weighted by atomic mass is 9.97. The largest absolute Gasteiger partial charge is 0.497 e. The standard InChI is InChI=1S/C17H26O11S2/c1-23-13-7-5-12(6-8-13)9-25-15-14(18)16(24-2)28-17(15,10-26-29(3,19)20)11-27-30(4,21)22/h5-8,14-16,18H,9-11H2,1-4H3/t14-,15+,16?/m0/s1. The summed E-state index contributed by atoms with van der Waals surface area (Å²) in [7, 11) is -5.05. The van der Waals surface area contributed by atoms with Crippen molar-refractivity contribution in [1.82, 2.24) is 0 Å². The lowest BCUT2D eigenvalue weighted by molar-refractivity contribution is -0.196. The number of hydrogen-bond acceptors (Lipinski definition) is 11. The normalized spacial score (nSPS) is 24.1. The molecule has 11 nitrogen and oxygen atoms in total. The van der Waals surface area contributed by atoms with Crippen molar-refractivity contribution in [3.63, 3.8) is 0 Å². The zero-order chi connectivity index (χ0) is 22.6. The van der Waals surface area contributed by atoms with Gasteiger partial charge in [-0.1, -0.05) is 12.1 Å². The quantitative estimate of drug-likeness (QED) is 0.423. The highest BCUT2D eigenvalue weighted by Gasteiger charge is 2.57. The van der Waals surface area contributed by atoms with Crippen LogP contribution in [-0.2, 0) is 49.4 Å². The van der Waals surface area contributed by atoms with Gasteiger partial charge in [-0.3, -0.25) is 8.37 Å². The van der Waals surface area contributed by atoms with E-state index in [0.717, 1.165) is 12.5 Å². The maximum atomic E-state index is 11.5. The molecule has 1 aliphatic heterocycles. The molecule has 0 saturated carbocycles. The monoisotopic (exact) mass is 470 g/mol. The van der Waals surface area contributed by atoms with E-state index in [-0.39, 0.29) is 6.61 Å². The van der Waals surface area contributed by atoms with Crippen LogP contribution in [0.3, 0.4) is 0 Å². The van der Waals surface area contributed by atoms with E-state index < -0.39 is 57.5 Å². The van der Waals surface area contributed by atoms with Gasteiger partial charge in [0.05, 0.1) is 26.2 Å². The maximum Gasteiger partial charge on any atom is 0.264 e. The van der Waals surface area contributed by atoms with Crippen molar-refractivity contribution in [2.75, 3.05) is 39.9 Å². The molecule has 1 saturated heterocycles. The fourth-order valence-electron chi connectivity index (χ4n) is 2.86. The van der Waals surface area contributed by atoms with Crippen molar-refractivity contribution >= 4 is 20.2 Å². The van der Waals surface area contributed by atoms with Gasteiger partial charge in [-0.05, 0) is 17.7 Å². The molecule has 1 aliphatic rings. The van der Waals surface area contributed by atoms with E-state index in [9.17, 15) is 21.9 Å². The Labute approximate surface area is 176 Å². The Hall–Kier alpha value is -1.32. The maximum absolute atomic E-state index is 11.5. The van der Waals surface area contributed by atoms with Gasteiger partial charge in [0, 0.05) is 7.11 Å². The van der Waals surface area contributed by atoms with Gasteiger partial charge >= 0.3 is 0 Å². The number of rotatable bonds is 11. The van der Waals surface area contributed by atoms with Crippen LogP contribution >= 0.6 is 0 Å². The number of methoxy groups -OCH3 is 2. The highest BCUT2D eigenvalue weighted by atomic mass is 32.2. The highest BCUT2D eigenvalue weighted by Crippen LogP contribution is 2.36. The van der Waals surface area contributed by atoms with Crippen LogP contribution in [0.2, 0.25) is 0 Å². The molecule has 1 aromatic carbocycles. The number of hydrogen-bond donors (Lipinski definition) is 1. The lowest BCUT2D eigenvalue weighted by Crippen LogP contribution is -2.52. The summed E-state index contributed by atoms with van der Waals surface area (Å²) in [6, 6.07) is 6.89. The van der Waals surface area contributed by atoms with Crippen molar-refractivity contribution in [2.45, 2.75) is 30.7 Å². The van der Waals surface area contributed by atoms with Crippen molar-refractivity contribution in [2.24, 2.45) is 0 Å². The van der Waals surface area contributed by atoms with E-state index in [2.05, 4.69) is 0 Å². The average molecular weight is 471 g/mol. The Morgan fingerprint density at radius 2 is 1.53 bits per heavy atom. The van der Waals surface area contributed by atoms with Crippen LogP contribution in [-0.4, -0.2) is 86.0 Å². The molecule has 1 heterocycles. The predicted octanol–water partition coefficient (Wildman–Crippen LogP) is -0.365. The van der Waals surface area contributed by atoms with Crippen LogP contribution in [0.15, 0.2) is 24.3 Å². The summed E-state index contributed by atoms with van der Waals surface area (Å²) >= 11 is 0. The molecule has 0 bridgehead atoms. The van der Waals surface area contributed by atoms with E-state index >= 15 is 0 Å². The number of ether oxygens (including phenoxy) is 4. The summed E-state index contributed by atoms with van der Waals surface area (Å²) in [5, 5.41) is 10.6. The summed E-state index contributed by atoms with van der Waals surface area (Å²) < 4.78 is 77.4. The lowest BCUT2D eigenvalue weighted by Gasteiger charge is -2.33. The Balaban J connectivity index is 2.29. The topological polar surface area (TPSA) is 144 Å². The Morgan fingerprint density at radius 1 is 1.00 bits per heavy atom. The van der Waals surface area contributed by atoms with Gasteiger partial charge < -0.3 is 24.1 Å². The van der Waals surface area contributed by atoms with E-state index in [1.165, 1.54) is 14.2 Å². The minimum atomic E-state index is -3.92. The van der Waals surface area contributed by atoms with Crippen molar-refractivity contribution in [3.05, 3.63) is 29.8 Å².